The van der Waals surface area contributed by atoms with Crippen molar-refractivity contribution in [3.63, 3.8) is 0 Å². The summed E-state index contributed by atoms with van der Waals surface area (Å²) < 4.78 is 13.9. The Morgan fingerprint density at radius 1 is 1.14 bits per heavy atom. The monoisotopic (exact) mass is 505 g/mol. The molecular weight excluding hydrogens is 473 g/mol. The number of H-pyrrole nitrogens is 1. The number of benzene rings is 2. The Balaban J connectivity index is 1.56. The molecule has 8 nitrogen and oxygen atoms in total. The van der Waals surface area contributed by atoms with Crippen LogP contribution in [0.25, 0.3) is 11.0 Å². The molecule has 2 heterocycles. The minimum Gasteiger partial charge on any atom is -0.391 e. The Bertz CT molecular complexity index is 1320. The summed E-state index contributed by atoms with van der Waals surface area (Å²) in [5.74, 6) is -0.371. The summed E-state index contributed by atoms with van der Waals surface area (Å²) >= 11 is 0. The second-order valence-corrected chi connectivity index (χ2v) is 9.98. The predicted octanol–water partition coefficient (Wildman–Crippen LogP) is 3.92. The zero-order valence-electron chi connectivity index (χ0n) is 20.9. The van der Waals surface area contributed by atoms with Gasteiger partial charge in [-0.2, -0.15) is 0 Å². The lowest BCUT2D eigenvalue weighted by Crippen LogP contribution is -2.45. The lowest BCUT2D eigenvalue weighted by atomic mass is 9.87. The normalized spacial score (nSPS) is 14.3. The number of fused-ring (bicyclic) bond motifs is 1. The maximum Gasteiger partial charge on any atom is 0.271 e. The zero-order valence-corrected chi connectivity index (χ0v) is 20.9. The van der Waals surface area contributed by atoms with Crippen LogP contribution in [0, 0.1) is 5.82 Å². The number of rotatable bonds is 11. The van der Waals surface area contributed by atoms with Crippen molar-refractivity contribution < 1.29 is 19.4 Å². The van der Waals surface area contributed by atoms with Crippen molar-refractivity contribution in [3.05, 3.63) is 90.0 Å². The molecule has 0 radical (unpaired) electrons. The summed E-state index contributed by atoms with van der Waals surface area (Å²) in [7, 11) is 0. The molecule has 4 aromatic rings. The summed E-state index contributed by atoms with van der Waals surface area (Å²) in [6.07, 6.45) is 5.32. The maximum atomic E-state index is 13.9. The molecule has 0 fully saturated rings. The van der Waals surface area contributed by atoms with Gasteiger partial charge >= 0.3 is 0 Å². The molecule has 2 aromatic carbocycles. The number of imidazole rings is 1. The van der Waals surface area contributed by atoms with Crippen LogP contribution in [0.15, 0.2) is 67.1 Å². The van der Waals surface area contributed by atoms with Gasteiger partial charge in [0.05, 0.1) is 35.0 Å². The van der Waals surface area contributed by atoms with E-state index in [9.17, 15) is 19.4 Å². The van der Waals surface area contributed by atoms with Gasteiger partial charge in [0.25, 0.3) is 5.91 Å². The van der Waals surface area contributed by atoms with Crippen LogP contribution in [0.1, 0.15) is 60.9 Å². The van der Waals surface area contributed by atoms with E-state index in [1.165, 1.54) is 18.3 Å². The topological polar surface area (TPSA) is 124 Å². The van der Waals surface area contributed by atoms with E-state index >= 15 is 0 Å². The highest BCUT2D eigenvalue weighted by Crippen LogP contribution is 2.28. The third-order valence-corrected chi connectivity index (χ3v) is 6.34. The molecule has 0 aliphatic carbocycles. The van der Waals surface area contributed by atoms with E-state index in [1.807, 2.05) is 18.2 Å². The Labute approximate surface area is 215 Å². The van der Waals surface area contributed by atoms with Crippen LogP contribution >= 0.6 is 0 Å². The van der Waals surface area contributed by atoms with Crippen LogP contribution in [-0.2, 0) is 6.42 Å². The Morgan fingerprint density at radius 3 is 2.62 bits per heavy atom. The standard InChI is InChI=1S/C28H32FN5O3/c1-28(2,37)11-10-19(26-30-12-13-31-26)16-25(35)23(15-18-6-5-7-20(29)14-18)34-27(36)24-17-32-21-8-3-4-9-22(21)33-24/h3-9,12-14,17,19,23,25,35,37H,10-11,15-16H2,1-2H3,(H,30,31)(H,34,36). The number of halogens is 1. The number of carbonyl (C=O) groups is 1. The van der Waals surface area contributed by atoms with Crippen molar-refractivity contribution in [2.45, 2.75) is 63.2 Å². The number of aromatic amines is 1. The van der Waals surface area contributed by atoms with Gasteiger partial charge in [-0.05, 0) is 69.4 Å². The molecule has 194 valence electrons. The lowest BCUT2D eigenvalue weighted by molar-refractivity contribution is 0.0594. The summed E-state index contributed by atoms with van der Waals surface area (Å²) in [6, 6.07) is 12.6. The highest BCUT2D eigenvalue weighted by molar-refractivity contribution is 5.94. The minimum atomic E-state index is -0.988. The predicted molar refractivity (Wildman–Crippen MR) is 138 cm³/mol. The highest BCUT2D eigenvalue weighted by Gasteiger charge is 2.29. The molecule has 0 spiro atoms. The van der Waals surface area contributed by atoms with E-state index in [-0.39, 0.29) is 24.5 Å². The zero-order chi connectivity index (χ0) is 26.4. The molecule has 4 rings (SSSR count). The van der Waals surface area contributed by atoms with Gasteiger partial charge in [0, 0.05) is 18.3 Å². The number of aromatic nitrogens is 4. The van der Waals surface area contributed by atoms with Crippen molar-refractivity contribution in [1.29, 1.82) is 0 Å². The van der Waals surface area contributed by atoms with Gasteiger partial charge in [0.15, 0.2) is 0 Å². The van der Waals surface area contributed by atoms with Gasteiger partial charge in [-0.25, -0.2) is 14.4 Å². The number of nitrogens with one attached hydrogen (secondary N) is 2. The second-order valence-electron chi connectivity index (χ2n) is 9.98. The fraction of sp³-hybridized carbons (Fsp3) is 0.357. The van der Waals surface area contributed by atoms with E-state index in [0.717, 1.165) is 0 Å². The molecule has 0 aliphatic rings. The number of hydrogen-bond acceptors (Lipinski definition) is 6. The molecular formula is C28H32FN5O3. The van der Waals surface area contributed by atoms with Crippen LogP contribution in [-0.4, -0.2) is 53.8 Å². The largest absolute Gasteiger partial charge is 0.391 e. The first-order valence-electron chi connectivity index (χ1n) is 12.3. The van der Waals surface area contributed by atoms with E-state index in [0.29, 0.717) is 35.3 Å². The average molecular weight is 506 g/mol. The number of aliphatic hydroxyl groups is 2. The molecule has 37 heavy (non-hydrogen) atoms. The van der Waals surface area contributed by atoms with E-state index in [2.05, 4.69) is 25.3 Å². The van der Waals surface area contributed by atoms with Crippen molar-refractivity contribution >= 4 is 16.9 Å². The molecule has 0 saturated heterocycles. The summed E-state index contributed by atoms with van der Waals surface area (Å²) in [5, 5.41) is 24.5. The van der Waals surface area contributed by atoms with Gasteiger partial charge in [-0.3, -0.25) is 9.78 Å². The summed E-state index contributed by atoms with van der Waals surface area (Å²) in [5.41, 5.74) is 1.14. The van der Waals surface area contributed by atoms with Gasteiger partial charge in [-0.15, -0.1) is 0 Å². The van der Waals surface area contributed by atoms with Crippen LogP contribution in [0.3, 0.4) is 0 Å². The number of amides is 1. The van der Waals surface area contributed by atoms with E-state index in [1.54, 1.807) is 44.4 Å². The fourth-order valence-electron chi connectivity index (χ4n) is 4.36. The lowest BCUT2D eigenvalue weighted by Gasteiger charge is -2.28. The maximum absolute atomic E-state index is 13.9. The Hall–Kier alpha value is -3.69. The van der Waals surface area contributed by atoms with Gasteiger partial charge in [0.2, 0.25) is 0 Å². The van der Waals surface area contributed by atoms with Crippen molar-refractivity contribution in [2.75, 3.05) is 0 Å². The van der Waals surface area contributed by atoms with Gasteiger partial charge in [0.1, 0.15) is 17.3 Å². The third-order valence-electron chi connectivity index (χ3n) is 6.34. The van der Waals surface area contributed by atoms with E-state index < -0.39 is 29.5 Å². The van der Waals surface area contributed by atoms with Gasteiger partial charge < -0.3 is 20.5 Å². The highest BCUT2D eigenvalue weighted by atomic mass is 19.1. The molecule has 4 N–H and O–H groups in total. The molecule has 3 unspecified atom stereocenters. The first-order chi connectivity index (χ1) is 17.7. The molecule has 2 aromatic heterocycles. The molecule has 1 amide bonds. The average Bonchev–Trinajstić information content (AvgIpc) is 3.40. The van der Waals surface area contributed by atoms with Gasteiger partial charge in [-0.1, -0.05) is 24.3 Å². The smallest absolute Gasteiger partial charge is 0.271 e. The number of nitrogens with zero attached hydrogens (tertiary/aromatic N) is 3. The molecule has 0 saturated carbocycles. The number of carbonyl (C=O) groups excluding carboxylic acids is 1. The second kappa shape index (κ2) is 11.6. The first-order valence-corrected chi connectivity index (χ1v) is 12.3. The molecule has 3 atom stereocenters. The fourth-order valence-corrected chi connectivity index (χ4v) is 4.36. The summed E-state index contributed by atoms with van der Waals surface area (Å²) in [6.45, 7) is 3.47. The quantitative estimate of drug-likeness (QED) is 0.245. The molecule has 0 aliphatic heterocycles. The van der Waals surface area contributed by atoms with Crippen molar-refractivity contribution in [1.82, 2.24) is 25.3 Å². The van der Waals surface area contributed by atoms with Crippen molar-refractivity contribution in [3.8, 4) is 0 Å². The number of aliphatic hydroxyl groups excluding tert-OH is 1. The third kappa shape index (κ3) is 7.41. The van der Waals surface area contributed by atoms with Crippen molar-refractivity contribution in [2.24, 2.45) is 0 Å². The van der Waals surface area contributed by atoms with Crippen LogP contribution in [0.5, 0.6) is 0 Å². The SMILES string of the molecule is CC(C)(O)CCC(CC(O)C(Cc1cccc(F)c1)NC(=O)c1cnc2ccccc2n1)c1ncc[nH]1. The summed E-state index contributed by atoms with van der Waals surface area (Å²) in [4.78, 5) is 29.4. The van der Waals surface area contributed by atoms with Crippen LogP contribution in [0.2, 0.25) is 0 Å². The Kier molecular flexibility index (Phi) is 8.25. The van der Waals surface area contributed by atoms with E-state index in [4.69, 9.17) is 0 Å². The first kappa shape index (κ1) is 26.4. The molecule has 0 bridgehead atoms. The molecule has 9 heteroatoms. The Morgan fingerprint density at radius 2 is 1.92 bits per heavy atom. The minimum absolute atomic E-state index is 0.125. The number of para-hydroxylation sites is 2. The number of hydrogen-bond donors (Lipinski definition) is 4. The van der Waals surface area contributed by atoms with Crippen LogP contribution < -0.4 is 5.32 Å². The van der Waals surface area contributed by atoms with Crippen LogP contribution in [0.4, 0.5) is 4.39 Å².